The smallest absolute Gasteiger partial charge is 0.320 e. The van der Waals surface area contributed by atoms with Gasteiger partial charge < -0.3 is 19.5 Å². The Labute approximate surface area is 238 Å². The highest BCUT2D eigenvalue weighted by molar-refractivity contribution is 6.31. The Hall–Kier alpha value is -3.21. The number of ether oxygens (including phenoxy) is 3. The van der Waals surface area contributed by atoms with E-state index in [4.69, 9.17) is 25.8 Å². The first kappa shape index (κ1) is 28.3. The lowest BCUT2D eigenvalue weighted by molar-refractivity contribution is -0.157. The van der Waals surface area contributed by atoms with E-state index in [9.17, 15) is 9.18 Å². The van der Waals surface area contributed by atoms with Crippen molar-refractivity contribution in [1.82, 2.24) is 19.8 Å². The Morgan fingerprint density at radius 3 is 2.70 bits per heavy atom. The van der Waals surface area contributed by atoms with Gasteiger partial charge in [-0.3, -0.25) is 14.6 Å². The molecular weight excluding hydrogens is 537 g/mol. The fourth-order valence-corrected chi connectivity index (χ4v) is 5.71. The average molecular weight is 572 g/mol. The van der Waals surface area contributed by atoms with Crippen molar-refractivity contribution in [3.05, 3.63) is 47.5 Å². The Bertz CT molecular complexity index is 1350. The number of carbonyl (C=O) groups excluding carboxylic acids is 1. The van der Waals surface area contributed by atoms with Crippen LogP contribution in [-0.2, 0) is 9.53 Å². The minimum atomic E-state index is -0.485. The van der Waals surface area contributed by atoms with Crippen LogP contribution in [0.15, 0.2) is 36.7 Å². The normalized spacial score (nSPS) is 19.8. The van der Waals surface area contributed by atoms with Crippen LogP contribution in [0.2, 0.25) is 5.02 Å². The molecule has 2 atom stereocenters. The van der Waals surface area contributed by atoms with Crippen molar-refractivity contribution in [3.63, 3.8) is 0 Å². The number of rotatable bonds is 9. The van der Waals surface area contributed by atoms with Crippen LogP contribution in [0.25, 0.3) is 10.9 Å². The molecule has 5 rings (SSSR count). The first-order valence-electron chi connectivity index (χ1n) is 13.7. The molecule has 0 bridgehead atoms. The molecule has 0 radical (unpaired) electrons. The zero-order chi connectivity index (χ0) is 28.2. The van der Waals surface area contributed by atoms with Crippen LogP contribution in [0, 0.1) is 11.7 Å². The van der Waals surface area contributed by atoms with E-state index in [-0.39, 0.29) is 23.3 Å². The number of halogens is 2. The summed E-state index contributed by atoms with van der Waals surface area (Å²) in [5, 5.41) is 3.95. The maximum Gasteiger partial charge on any atom is 0.320 e. The fraction of sp³-hybridized carbons (Fsp3) is 0.483. The van der Waals surface area contributed by atoms with Crippen LogP contribution in [-0.4, -0.2) is 77.9 Å². The number of esters is 1. The van der Waals surface area contributed by atoms with E-state index in [2.05, 4.69) is 32.0 Å². The second kappa shape index (κ2) is 12.5. The topological polar surface area (TPSA) is 89.1 Å². The van der Waals surface area contributed by atoms with Gasteiger partial charge in [0, 0.05) is 43.3 Å². The number of piperidine rings is 1. The number of benzene rings is 2. The highest BCUT2D eigenvalue weighted by Gasteiger charge is 2.30. The van der Waals surface area contributed by atoms with Gasteiger partial charge in [0.2, 0.25) is 0 Å². The van der Waals surface area contributed by atoms with E-state index in [0.29, 0.717) is 41.0 Å². The first-order valence-corrected chi connectivity index (χ1v) is 14.1. The molecule has 214 valence electrons. The Balaban J connectivity index is 1.26. The molecule has 3 aromatic rings. The number of anilines is 2. The number of carbonyl (C=O) groups is 1. The number of fused-ring (bicyclic) bond motifs is 1. The van der Waals surface area contributed by atoms with Gasteiger partial charge in [0.25, 0.3) is 0 Å². The van der Waals surface area contributed by atoms with Crippen molar-refractivity contribution >= 4 is 40.0 Å². The molecule has 2 fully saturated rings. The summed E-state index contributed by atoms with van der Waals surface area (Å²) >= 11 is 5.95. The molecule has 0 aliphatic carbocycles. The van der Waals surface area contributed by atoms with Gasteiger partial charge >= 0.3 is 5.97 Å². The standard InChI is InChI=1S/C29H35ClFN5O4/c1-4-27(36-9-7-19(8-10-36)15-35-14-18(2)39-28(37)16-35)40-26-13-24-21(12-25(26)38-3)29(33-17-32-24)34-20-5-6-23(31)22(30)11-20/h5-6,11-13,17-19,27H,4,7-10,14-16H2,1-3H3,(H,32,33,34). The number of morpholine rings is 1. The van der Waals surface area contributed by atoms with Crippen LogP contribution in [0.4, 0.5) is 15.9 Å². The SMILES string of the molecule is CCC(Oc1cc2ncnc(Nc3ccc(F)c(Cl)c3)c2cc1OC)N1CCC(CN2CC(=O)OC(C)C2)CC1. The van der Waals surface area contributed by atoms with Crippen molar-refractivity contribution in [2.75, 3.05) is 45.2 Å². The van der Waals surface area contributed by atoms with Gasteiger partial charge in [-0.25, -0.2) is 14.4 Å². The second-order valence-electron chi connectivity index (χ2n) is 10.5. The Morgan fingerprint density at radius 1 is 1.20 bits per heavy atom. The lowest BCUT2D eigenvalue weighted by Crippen LogP contribution is -2.49. The Kier molecular flexibility index (Phi) is 8.87. The summed E-state index contributed by atoms with van der Waals surface area (Å²) in [7, 11) is 1.61. The van der Waals surface area contributed by atoms with Crippen molar-refractivity contribution in [3.8, 4) is 11.5 Å². The summed E-state index contributed by atoms with van der Waals surface area (Å²) in [6, 6.07) is 8.13. The van der Waals surface area contributed by atoms with Crippen LogP contribution < -0.4 is 14.8 Å². The predicted molar refractivity (Wildman–Crippen MR) is 152 cm³/mol. The third-order valence-electron chi connectivity index (χ3n) is 7.49. The number of methoxy groups -OCH3 is 1. The van der Waals surface area contributed by atoms with Gasteiger partial charge in [0.05, 0.1) is 24.2 Å². The monoisotopic (exact) mass is 571 g/mol. The molecule has 0 saturated carbocycles. The predicted octanol–water partition coefficient (Wildman–Crippen LogP) is 5.25. The van der Waals surface area contributed by atoms with Gasteiger partial charge in [0.1, 0.15) is 24.1 Å². The quantitative estimate of drug-likeness (QED) is 0.346. The van der Waals surface area contributed by atoms with E-state index < -0.39 is 5.82 Å². The number of nitrogens with one attached hydrogen (secondary N) is 1. The van der Waals surface area contributed by atoms with Gasteiger partial charge in [0.15, 0.2) is 17.7 Å². The fourth-order valence-electron chi connectivity index (χ4n) is 5.53. The van der Waals surface area contributed by atoms with Gasteiger partial charge in [-0.15, -0.1) is 0 Å². The van der Waals surface area contributed by atoms with Gasteiger partial charge in [-0.2, -0.15) is 0 Å². The largest absolute Gasteiger partial charge is 0.493 e. The number of cyclic esters (lactones) is 1. The summed E-state index contributed by atoms with van der Waals surface area (Å²) in [5.74, 6) is 1.65. The maximum absolute atomic E-state index is 13.6. The summed E-state index contributed by atoms with van der Waals surface area (Å²) < 4.78 is 31.1. The van der Waals surface area contributed by atoms with Crippen LogP contribution >= 0.6 is 11.6 Å². The number of hydrogen-bond donors (Lipinski definition) is 1. The molecule has 1 aromatic heterocycles. The Morgan fingerprint density at radius 2 is 2.00 bits per heavy atom. The molecule has 3 heterocycles. The highest BCUT2D eigenvalue weighted by atomic mass is 35.5. The summed E-state index contributed by atoms with van der Waals surface area (Å²) in [6.45, 7) is 8.00. The molecule has 2 unspecified atom stereocenters. The van der Waals surface area contributed by atoms with Crippen molar-refractivity contribution < 1.29 is 23.4 Å². The zero-order valence-electron chi connectivity index (χ0n) is 23.0. The average Bonchev–Trinajstić information content (AvgIpc) is 2.93. The third kappa shape index (κ3) is 6.56. The van der Waals surface area contributed by atoms with Crippen molar-refractivity contribution in [2.45, 2.75) is 45.4 Å². The molecule has 0 spiro atoms. The van der Waals surface area contributed by atoms with Gasteiger partial charge in [-0.05, 0) is 56.4 Å². The molecular formula is C29H35ClFN5O4. The molecule has 2 saturated heterocycles. The molecule has 0 amide bonds. The van der Waals surface area contributed by atoms with Crippen molar-refractivity contribution in [2.24, 2.45) is 5.92 Å². The lowest BCUT2D eigenvalue weighted by atomic mass is 9.95. The van der Waals surface area contributed by atoms with E-state index >= 15 is 0 Å². The molecule has 11 heteroatoms. The van der Waals surface area contributed by atoms with E-state index in [1.54, 1.807) is 13.2 Å². The van der Waals surface area contributed by atoms with E-state index in [1.165, 1.54) is 18.5 Å². The third-order valence-corrected chi connectivity index (χ3v) is 7.78. The summed E-state index contributed by atoms with van der Waals surface area (Å²) in [6.07, 6.45) is 4.21. The minimum Gasteiger partial charge on any atom is -0.493 e. The van der Waals surface area contributed by atoms with Crippen LogP contribution in [0.1, 0.15) is 33.1 Å². The summed E-state index contributed by atoms with van der Waals surface area (Å²) in [4.78, 5) is 25.2. The van der Waals surface area contributed by atoms with Crippen molar-refractivity contribution in [1.29, 1.82) is 0 Å². The number of nitrogens with zero attached hydrogens (tertiary/aromatic N) is 4. The number of hydrogen-bond acceptors (Lipinski definition) is 9. The number of aromatic nitrogens is 2. The zero-order valence-corrected chi connectivity index (χ0v) is 23.8. The van der Waals surface area contributed by atoms with Crippen LogP contribution in [0.3, 0.4) is 0 Å². The van der Waals surface area contributed by atoms with Crippen LogP contribution in [0.5, 0.6) is 11.5 Å². The minimum absolute atomic E-state index is 0.0251. The van der Waals surface area contributed by atoms with E-state index in [0.717, 1.165) is 50.8 Å². The number of likely N-dealkylation sites (tertiary alicyclic amines) is 1. The molecule has 2 aromatic carbocycles. The second-order valence-corrected chi connectivity index (χ2v) is 10.9. The molecule has 2 aliphatic heterocycles. The molecule has 1 N–H and O–H groups in total. The molecule has 40 heavy (non-hydrogen) atoms. The highest BCUT2D eigenvalue weighted by Crippen LogP contribution is 2.36. The van der Waals surface area contributed by atoms with Gasteiger partial charge in [-0.1, -0.05) is 18.5 Å². The summed E-state index contributed by atoms with van der Waals surface area (Å²) in [5.41, 5.74) is 1.29. The van der Waals surface area contributed by atoms with E-state index in [1.807, 2.05) is 19.1 Å². The molecule has 2 aliphatic rings. The lowest BCUT2D eigenvalue weighted by Gasteiger charge is -2.39. The molecule has 9 nitrogen and oxygen atoms in total. The maximum atomic E-state index is 13.6. The first-order chi connectivity index (χ1) is 19.3.